The number of hydrogen-bond donors (Lipinski definition) is 4. The molecule has 0 spiro atoms. The minimum atomic E-state index is -0.499. The van der Waals surface area contributed by atoms with Crippen molar-refractivity contribution in [1.29, 1.82) is 0 Å². The molecule has 0 bridgehead atoms. The molecule has 10 heteroatoms. The Morgan fingerprint density at radius 3 is 2.74 bits per heavy atom. The maximum absolute atomic E-state index is 11.6. The van der Waals surface area contributed by atoms with Crippen molar-refractivity contribution >= 4 is 35.5 Å². The highest BCUT2D eigenvalue weighted by Gasteiger charge is 2.27. The molecule has 0 aromatic carbocycles. The van der Waals surface area contributed by atoms with Crippen LogP contribution in [0.1, 0.15) is 19.8 Å². The summed E-state index contributed by atoms with van der Waals surface area (Å²) in [7, 11) is 1.53. The molecule has 0 aromatic heterocycles. The highest BCUT2D eigenvalue weighted by atomic mass is 32.2. The molecule has 1 aliphatic rings. The zero-order valence-corrected chi connectivity index (χ0v) is 14.0. The van der Waals surface area contributed by atoms with Crippen molar-refractivity contribution in [3.05, 3.63) is 0 Å². The summed E-state index contributed by atoms with van der Waals surface area (Å²) in [6.45, 7) is 1.76. The number of amides is 3. The SMILES string of the molecule is CCOC(=O)CNC(=O)CSC1NC(=O)CC(CC(=O)NC)N1. The average molecular weight is 346 g/mol. The van der Waals surface area contributed by atoms with Gasteiger partial charge in [0.2, 0.25) is 17.7 Å². The van der Waals surface area contributed by atoms with Gasteiger partial charge in [-0.15, -0.1) is 11.8 Å². The van der Waals surface area contributed by atoms with Crippen molar-refractivity contribution < 1.29 is 23.9 Å². The number of ether oxygens (including phenoxy) is 1. The van der Waals surface area contributed by atoms with Gasteiger partial charge in [0.25, 0.3) is 0 Å². The first-order valence-corrected chi connectivity index (χ1v) is 8.29. The van der Waals surface area contributed by atoms with Crippen LogP contribution in [0.5, 0.6) is 0 Å². The summed E-state index contributed by atoms with van der Waals surface area (Å²) in [5.74, 6) is -1.12. The quantitative estimate of drug-likeness (QED) is 0.386. The lowest BCUT2D eigenvalue weighted by molar-refractivity contribution is -0.143. The van der Waals surface area contributed by atoms with Crippen LogP contribution in [0.2, 0.25) is 0 Å². The Morgan fingerprint density at radius 1 is 1.35 bits per heavy atom. The second-order valence-electron chi connectivity index (χ2n) is 4.79. The van der Waals surface area contributed by atoms with Gasteiger partial charge in [-0.3, -0.25) is 24.5 Å². The largest absolute Gasteiger partial charge is 0.465 e. The van der Waals surface area contributed by atoms with E-state index < -0.39 is 11.5 Å². The smallest absolute Gasteiger partial charge is 0.325 e. The van der Waals surface area contributed by atoms with Crippen LogP contribution in [0.15, 0.2) is 0 Å². The zero-order valence-electron chi connectivity index (χ0n) is 13.1. The van der Waals surface area contributed by atoms with Crippen LogP contribution in [0.25, 0.3) is 0 Å². The minimum absolute atomic E-state index is 0.0596. The van der Waals surface area contributed by atoms with E-state index in [9.17, 15) is 19.2 Å². The van der Waals surface area contributed by atoms with E-state index in [-0.39, 0.29) is 55.5 Å². The van der Waals surface area contributed by atoms with Crippen molar-refractivity contribution in [2.24, 2.45) is 0 Å². The summed E-state index contributed by atoms with van der Waals surface area (Å²) in [6.07, 6.45) is 0.398. The van der Waals surface area contributed by atoms with Crippen molar-refractivity contribution in [3.8, 4) is 0 Å². The monoisotopic (exact) mass is 346 g/mol. The topological polar surface area (TPSA) is 126 Å². The van der Waals surface area contributed by atoms with Gasteiger partial charge in [-0.2, -0.15) is 0 Å². The van der Waals surface area contributed by atoms with Crippen molar-refractivity contribution in [2.45, 2.75) is 31.3 Å². The van der Waals surface area contributed by atoms with E-state index in [2.05, 4.69) is 21.3 Å². The van der Waals surface area contributed by atoms with Gasteiger partial charge < -0.3 is 20.7 Å². The Morgan fingerprint density at radius 2 is 2.09 bits per heavy atom. The van der Waals surface area contributed by atoms with Gasteiger partial charge in [0.15, 0.2) is 0 Å². The Kier molecular flexibility index (Phi) is 8.41. The lowest BCUT2D eigenvalue weighted by Gasteiger charge is -2.30. The summed E-state index contributed by atoms with van der Waals surface area (Å²) in [4.78, 5) is 45.7. The summed E-state index contributed by atoms with van der Waals surface area (Å²) >= 11 is 1.17. The van der Waals surface area contributed by atoms with E-state index in [1.807, 2.05) is 0 Å². The first kappa shape index (κ1) is 19.2. The number of carbonyl (C=O) groups is 4. The second-order valence-corrected chi connectivity index (χ2v) is 5.88. The Balaban J connectivity index is 2.32. The van der Waals surface area contributed by atoms with Crippen LogP contribution in [0.4, 0.5) is 0 Å². The molecule has 0 saturated carbocycles. The molecular weight excluding hydrogens is 324 g/mol. The minimum Gasteiger partial charge on any atom is -0.465 e. The van der Waals surface area contributed by atoms with Crippen LogP contribution < -0.4 is 21.3 Å². The van der Waals surface area contributed by atoms with Crippen LogP contribution in [0.3, 0.4) is 0 Å². The molecule has 1 aliphatic heterocycles. The van der Waals surface area contributed by atoms with Crippen molar-refractivity contribution in [1.82, 2.24) is 21.3 Å². The van der Waals surface area contributed by atoms with Crippen LogP contribution in [0, 0.1) is 0 Å². The molecule has 1 fully saturated rings. The molecule has 0 aromatic rings. The van der Waals surface area contributed by atoms with E-state index in [0.29, 0.717) is 0 Å². The molecule has 23 heavy (non-hydrogen) atoms. The summed E-state index contributed by atoms with van der Waals surface area (Å²) in [5.41, 5.74) is -0.459. The lowest BCUT2D eigenvalue weighted by Crippen LogP contribution is -2.56. The van der Waals surface area contributed by atoms with Gasteiger partial charge >= 0.3 is 5.97 Å². The number of thioether (sulfide) groups is 1. The summed E-state index contributed by atoms with van der Waals surface area (Å²) in [5, 5.41) is 10.7. The molecule has 3 amide bonds. The summed E-state index contributed by atoms with van der Waals surface area (Å²) < 4.78 is 4.69. The van der Waals surface area contributed by atoms with E-state index >= 15 is 0 Å². The fourth-order valence-corrected chi connectivity index (χ4v) is 2.81. The third kappa shape index (κ3) is 7.84. The number of carbonyl (C=O) groups excluding carboxylic acids is 4. The van der Waals surface area contributed by atoms with E-state index in [1.165, 1.54) is 18.8 Å². The molecular formula is C13H22N4O5S. The molecule has 4 N–H and O–H groups in total. The Labute approximate surface area is 138 Å². The number of nitrogens with one attached hydrogen (secondary N) is 4. The molecule has 9 nitrogen and oxygen atoms in total. The second kappa shape index (κ2) is 10.1. The van der Waals surface area contributed by atoms with Gasteiger partial charge in [-0.05, 0) is 6.92 Å². The highest BCUT2D eigenvalue weighted by molar-refractivity contribution is 8.00. The van der Waals surface area contributed by atoms with E-state index in [4.69, 9.17) is 4.74 Å². The predicted molar refractivity (Wildman–Crippen MR) is 84.3 cm³/mol. The molecule has 2 unspecified atom stereocenters. The molecule has 130 valence electrons. The Bertz CT molecular complexity index is 460. The number of hydrogen-bond acceptors (Lipinski definition) is 7. The van der Waals surface area contributed by atoms with Crippen LogP contribution >= 0.6 is 11.8 Å². The van der Waals surface area contributed by atoms with Crippen molar-refractivity contribution in [3.63, 3.8) is 0 Å². The van der Waals surface area contributed by atoms with Gasteiger partial charge in [0, 0.05) is 25.9 Å². The zero-order chi connectivity index (χ0) is 17.2. The first-order valence-electron chi connectivity index (χ1n) is 7.24. The average Bonchev–Trinajstić information content (AvgIpc) is 2.50. The third-order valence-corrected chi connectivity index (χ3v) is 3.95. The Hall–Kier alpha value is -1.81. The molecule has 1 rings (SSSR count). The van der Waals surface area contributed by atoms with Gasteiger partial charge in [0.1, 0.15) is 12.0 Å². The van der Waals surface area contributed by atoms with Crippen LogP contribution in [-0.4, -0.2) is 61.2 Å². The molecule has 0 radical (unpaired) electrons. The normalized spacial score (nSPS) is 20.3. The molecule has 1 saturated heterocycles. The maximum atomic E-state index is 11.6. The lowest BCUT2D eigenvalue weighted by atomic mass is 10.1. The standard InChI is InChI=1S/C13H22N4O5S/c1-3-22-12(21)6-15-11(20)7-23-13-16-8(4-9(18)14-2)5-10(19)17-13/h8,13,16H,3-7H2,1-2H3,(H,14,18)(H,15,20)(H,17,19). The van der Waals surface area contributed by atoms with E-state index in [0.717, 1.165) is 0 Å². The molecule has 1 heterocycles. The number of rotatable bonds is 8. The van der Waals surface area contributed by atoms with Gasteiger partial charge in [-0.25, -0.2) is 0 Å². The maximum Gasteiger partial charge on any atom is 0.325 e. The third-order valence-electron chi connectivity index (χ3n) is 2.94. The number of esters is 1. The van der Waals surface area contributed by atoms with Gasteiger partial charge in [0.05, 0.1) is 12.4 Å². The predicted octanol–water partition coefficient (Wildman–Crippen LogP) is -1.70. The highest BCUT2D eigenvalue weighted by Crippen LogP contribution is 2.13. The van der Waals surface area contributed by atoms with Crippen LogP contribution in [-0.2, 0) is 23.9 Å². The van der Waals surface area contributed by atoms with Crippen molar-refractivity contribution in [2.75, 3.05) is 26.0 Å². The fraction of sp³-hybridized carbons (Fsp3) is 0.692. The first-order chi connectivity index (χ1) is 10.9. The molecule has 0 aliphatic carbocycles. The molecule has 2 atom stereocenters. The fourth-order valence-electron chi connectivity index (χ4n) is 1.88. The summed E-state index contributed by atoms with van der Waals surface area (Å²) in [6, 6.07) is -0.274. The van der Waals surface area contributed by atoms with E-state index in [1.54, 1.807) is 6.92 Å². The van der Waals surface area contributed by atoms with Gasteiger partial charge in [-0.1, -0.05) is 0 Å².